The van der Waals surface area contributed by atoms with Gasteiger partial charge in [-0.25, -0.2) is 0 Å². The standard InChI is InChI=1S/C3H6O.C2H5.BrH.Mg/c1-3(2)4;1-2;;/h1-2H3;1H2,2H3;1H;/q;;;+1/p-1. The Kier molecular flexibility index (Phi) is 15.8. The SMILES string of the molecule is CC(C)=O.C[CH2][Mg][Br]. The summed E-state index contributed by atoms with van der Waals surface area (Å²) in [6, 6.07) is 0. The Morgan fingerprint density at radius 3 is 1.75 bits per heavy atom. The quantitative estimate of drug-likeness (QED) is 0.580. The van der Waals surface area contributed by atoms with Crippen LogP contribution in [0.2, 0.25) is 4.55 Å². The molecule has 0 heterocycles. The molecule has 0 unspecified atom stereocenters. The summed E-state index contributed by atoms with van der Waals surface area (Å²) >= 11 is 3.62. The number of carbonyl (C=O) groups is 1. The molecule has 0 fully saturated rings. The molecule has 0 aliphatic rings. The summed E-state index contributed by atoms with van der Waals surface area (Å²) in [5.74, 6) is 0.167. The van der Waals surface area contributed by atoms with Gasteiger partial charge in [-0.05, 0) is 13.8 Å². The van der Waals surface area contributed by atoms with E-state index in [4.69, 9.17) is 0 Å². The third kappa shape index (κ3) is 65.9. The lowest BCUT2D eigenvalue weighted by Gasteiger charge is -1.59. The van der Waals surface area contributed by atoms with Crippen molar-refractivity contribution in [1.82, 2.24) is 0 Å². The fourth-order valence-corrected chi connectivity index (χ4v) is 0. The minimum atomic E-state index is 0.167. The van der Waals surface area contributed by atoms with Crippen LogP contribution in [0.3, 0.4) is 0 Å². The molecule has 0 spiro atoms. The highest BCUT2D eigenvalue weighted by atomic mass is 79.9. The first-order valence-electron chi connectivity index (χ1n) is 2.68. The zero-order valence-electron chi connectivity index (χ0n) is 5.70. The molecule has 0 aromatic heterocycles. The topological polar surface area (TPSA) is 17.1 Å². The van der Waals surface area contributed by atoms with Gasteiger partial charge < -0.3 is 17.7 Å². The molecule has 0 saturated carbocycles. The van der Waals surface area contributed by atoms with Gasteiger partial charge in [-0.15, -0.1) is 4.55 Å². The Bertz CT molecular complexity index is 50.4. The normalized spacial score (nSPS) is 6.00. The van der Waals surface area contributed by atoms with Crippen LogP contribution in [0.1, 0.15) is 20.8 Å². The van der Waals surface area contributed by atoms with E-state index in [1.165, 1.54) is 18.4 Å². The van der Waals surface area contributed by atoms with Crippen LogP contribution in [-0.2, 0) is 4.79 Å². The van der Waals surface area contributed by atoms with E-state index >= 15 is 0 Å². The summed E-state index contributed by atoms with van der Waals surface area (Å²) in [6.45, 7) is 5.25. The van der Waals surface area contributed by atoms with E-state index in [0.717, 1.165) is 0 Å². The number of ketones is 1. The van der Waals surface area contributed by atoms with Crippen molar-refractivity contribution >= 4 is 36.9 Å². The minimum absolute atomic E-state index is 0.167. The van der Waals surface area contributed by atoms with Gasteiger partial charge in [0.05, 0.1) is 0 Å². The molecule has 0 amide bonds. The van der Waals surface area contributed by atoms with Crippen LogP contribution in [0, 0.1) is 0 Å². The first kappa shape index (κ1) is 11.7. The van der Waals surface area contributed by atoms with Gasteiger partial charge in [-0.1, -0.05) is 6.92 Å². The third-order valence-electron chi connectivity index (χ3n) is 0.189. The van der Waals surface area contributed by atoms with Crippen LogP contribution in [0.4, 0.5) is 0 Å². The van der Waals surface area contributed by atoms with E-state index in [1.54, 1.807) is 0 Å². The van der Waals surface area contributed by atoms with Crippen molar-refractivity contribution in [1.29, 1.82) is 0 Å². The molecule has 8 heavy (non-hydrogen) atoms. The van der Waals surface area contributed by atoms with Gasteiger partial charge in [0, 0.05) is 0 Å². The van der Waals surface area contributed by atoms with Crippen LogP contribution < -0.4 is 0 Å². The molecule has 0 atom stereocenters. The number of Topliss-reactive ketones (excluding diaryl/α,β-unsaturated/α-hetero) is 1. The molecule has 1 nitrogen and oxygen atoms in total. The first-order valence-corrected chi connectivity index (χ1v) is 7.58. The van der Waals surface area contributed by atoms with E-state index in [0.29, 0.717) is 0 Å². The molecule has 0 aromatic rings. The Hall–Kier alpha value is 0.916. The zero-order valence-corrected chi connectivity index (χ0v) is 8.70. The highest BCUT2D eigenvalue weighted by Crippen LogP contribution is 1.77. The lowest BCUT2D eigenvalue weighted by molar-refractivity contribution is -0.114. The average Bonchev–Trinajstić information content (AvgIpc) is 1.65. The van der Waals surface area contributed by atoms with Crippen molar-refractivity contribution in [3.8, 4) is 0 Å². The molecule has 0 radical (unpaired) electrons. The van der Waals surface area contributed by atoms with Crippen molar-refractivity contribution < 1.29 is 4.79 Å². The maximum absolute atomic E-state index is 9.44. The second-order valence-electron chi connectivity index (χ2n) is 1.60. The Balaban J connectivity index is 0. The number of carbonyl (C=O) groups excluding carboxylic acids is 1. The molecule has 0 N–H and O–H groups in total. The van der Waals surface area contributed by atoms with Crippen molar-refractivity contribution in [2.24, 2.45) is 0 Å². The van der Waals surface area contributed by atoms with Crippen molar-refractivity contribution in [3.63, 3.8) is 0 Å². The maximum Gasteiger partial charge on any atom is 0.468 e. The van der Waals surface area contributed by atoms with E-state index in [2.05, 4.69) is 19.8 Å². The molecule has 0 saturated heterocycles. The number of hydrogen-bond acceptors (Lipinski definition) is 1. The largest absolute Gasteiger partial charge is 0.468 e. The van der Waals surface area contributed by atoms with Gasteiger partial charge in [0.1, 0.15) is 5.78 Å². The van der Waals surface area contributed by atoms with E-state index < -0.39 is 0 Å². The van der Waals surface area contributed by atoms with Crippen LogP contribution in [-0.4, -0.2) is 24.0 Å². The van der Waals surface area contributed by atoms with Crippen molar-refractivity contribution in [2.75, 3.05) is 0 Å². The molecule has 3 heteroatoms. The Labute approximate surface area is 66.8 Å². The zero-order chi connectivity index (χ0) is 6.99. The highest BCUT2D eigenvalue weighted by Gasteiger charge is 1.73. The van der Waals surface area contributed by atoms with Crippen LogP contribution in [0.15, 0.2) is 0 Å². The molecule has 46 valence electrons. The summed E-state index contributed by atoms with van der Waals surface area (Å²) in [5, 5.41) is 0. The monoisotopic (exact) mass is 190 g/mol. The lowest BCUT2D eigenvalue weighted by Crippen LogP contribution is -1.69. The number of hydrogen-bond donors (Lipinski definition) is 0. The second-order valence-corrected chi connectivity index (χ2v) is 5.35. The van der Waals surface area contributed by atoms with Gasteiger partial charge in [-0.3, -0.25) is 0 Å². The minimum Gasteiger partial charge on any atom is -0.307 e. The first-order chi connectivity index (χ1) is 3.65. The summed E-state index contributed by atoms with van der Waals surface area (Å²) in [5.41, 5.74) is 0. The smallest absolute Gasteiger partial charge is 0.307 e. The maximum atomic E-state index is 9.44. The fraction of sp³-hybridized carbons (Fsp3) is 0.800. The third-order valence-corrected chi connectivity index (χ3v) is 2.95. The van der Waals surface area contributed by atoms with Crippen molar-refractivity contribution in [3.05, 3.63) is 0 Å². The van der Waals surface area contributed by atoms with E-state index in [-0.39, 0.29) is 24.0 Å². The van der Waals surface area contributed by atoms with Gasteiger partial charge in [0.2, 0.25) is 0 Å². The Morgan fingerprint density at radius 1 is 1.62 bits per heavy atom. The van der Waals surface area contributed by atoms with Crippen LogP contribution in [0.25, 0.3) is 0 Å². The second kappa shape index (κ2) is 10.8. The summed E-state index contributed by atoms with van der Waals surface area (Å²) < 4.78 is 1.38. The highest BCUT2D eigenvalue weighted by molar-refractivity contribution is 9.23. The molecule has 0 aromatic carbocycles. The summed E-state index contributed by atoms with van der Waals surface area (Å²) in [4.78, 5) is 9.44. The molecular formula is C5H11BrMgO. The van der Waals surface area contributed by atoms with Gasteiger partial charge in [0.25, 0.3) is 0 Å². The summed E-state index contributed by atoms with van der Waals surface area (Å²) in [6.07, 6.45) is 0. The fourth-order valence-electron chi connectivity index (χ4n) is 0. The predicted molar refractivity (Wildman–Crippen MR) is 41.5 cm³/mol. The van der Waals surface area contributed by atoms with E-state index in [1.807, 2.05) is 0 Å². The molecule has 0 aliphatic heterocycles. The molecular weight excluding hydrogens is 180 g/mol. The number of halogens is 1. The van der Waals surface area contributed by atoms with E-state index in [9.17, 15) is 4.79 Å². The Morgan fingerprint density at radius 2 is 1.75 bits per heavy atom. The molecule has 0 rings (SSSR count). The molecule has 0 aliphatic carbocycles. The molecule has 0 bridgehead atoms. The van der Waals surface area contributed by atoms with Crippen LogP contribution in [0.5, 0.6) is 0 Å². The van der Waals surface area contributed by atoms with Gasteiger partial charge in [0.15, 0.2) is 0 Å². The number of rotatable bonds is 1. The van der Waals surface area contributed by atoms with Crippen molar-refractivity contribution in [2.45, 2.75) is 25.3 Å². The lowest BCUT2D eigenvalue weighted by atomic mass is 10.6. The van der Waals surface area contributed by atoms with Gasteiger partial charge in [-0.2, -0.15) is 0 Å². The average molecular weight is 191 g/mol. The predicted octanol–water partition coefficient (Wildman–Crippen LogP) is 2.03. The van der Waals surface area contributed by atoms with Crippen LogP contribution >= 0.6 is 12.9 Å². The summed E-state index contributed by atoms with van der Waals surface area (Å²) in [7, 11) is 0. The van der Waals surface area contributed by atoms with Gasteiger partial charge >= 0.3 is 18.2 Å².